The van der Waals surface area contributed by atoms with E-state index in [4.69, 9.17) is 4.74 Å². The van der Waals surface area contributed by atoms with Gasteiger partial charge in [0.15, 0.2) is 0 Å². The molecule has 2 N–H and O–H groups in total. The Bertz CT molecular complexity index is 1370. The molecule has 186 valence electrons. The normalized spacial score (nSPS) is 19.5. The molecule has 1 atom stereocenters. The number of methoxy groups -OCH3 is 1. The van der Waals surface area contributed by atoms with Crippen LogP contribution in [0.2, 0.25) is 0 Å². The van der Waals surface area contributed by atoms with Gasteiger partial charge < -0.3 is 19.7 Å². The van der Waals surface area contributed by atoms with Gasteiger partial charge in [-0.25, -0.2) is 8.42 Å². The number of nitrogens with zero attached hydrogens (tertiary/aromatic N) is 2. The highest BCUT2D eigenvalue weighted by atomic mass is 32.2. The molecule has 3 heterocycles. The lowest BCUT2D eigenvalue weighted by atomic mass is 9.69. The molecule has 0 radical (unpaired) electrons. The molecule has 0 saturated carbocycles. The number of fused-ring (bicyclic) bond motifs is 4. The van der Waals surface area contributed by atoms with E-state index >= 15 is 0 Å². The number of hydrogen-bond acceptors (Lipinski definition) is 5. The first-order valence-electron chi connectivity index (χ1n) is 11.9. The summed E-state index contributed by atoms with van der Waals surface area (Å²) in [6, 6.07) is 11.7. The summed E-state index contributed by atoms with van der Waals surface area (Å²) in [5, 5.41) is 11.4. The van der Waals surface area contributed by atoms with Crippen molar-refractivity contribution in [1.82, 2.24) is 14.2 Å². The molecule has 0 aliphatic carbocycles. The Morgan fingerprint density at radius 2 is 1.89 bits per heavy atom. The summed E-state index contributed by atoms with van der Waals surface area (Å²) in [4.78, 5) is 18.0. The van der Waals surface area contributed by atoms with E-state index in [0.717, 1.165) is 28.5 Å². The Morgan fingerprint density at radius 1 is 1.17 bits per heavy atom. The number of aromatic amines is 1. The average Bonchev–Trinajstić information content (AvgIpc) is 3.21. The Balaban J connectivity index is 1.65. The van der Waals surface area contributed by atoms with Gasteiger partial charge in [-0.3, -0.25) is 4.79 Å². The molecule has 35 heavy (non-hydrogen) atoms. The molecule has 1 aromatic heterocycles. The largest absolute Gasteiger partial charge is 0.497 e. The van der Waals surface area contributed by atoms with Gasteiger partial charge in [0.2, 0.25) is 15.9 Å². The summed E-state index contributed by atoms with van der Waals surface area (Å²) in [5.41, 5.74) is 2.90. The number of nitrogens with one attached hydrogen (secondary N) is 1. The summed E-state index contributed by atoms with van der Waals surface area (Å²) in [6.45, 7) is 4.59. The van der Waals surface area contributed by atoms with E-state index in [9.17, 15) is 18.3 Å². The van der Waals surface area contributed by atoms with Gasteiger partial charge in [-0.2, -0.15) is 4.31 Å². The number of aryl methyl sites for hydroxylation is 1. The molecule has 0 bridgehead atoms. The topological polar surface area (TPSA) is 103 Å². The summed E-state index contributed by atoms with van der Waals surface area (Å²) >= 11 is 0. The zero-order chi connectivity index (χ0) is 25.0. The molecule has 8 nitrogen and oxygen atoms in total. The minimum Gasteiger partial charge on any atom is -0.497 e. The van der Waals surface area contributed by atoms with Crippen LogP contribution in [-0.2, 0) is 20.2 Å². The van der Waals surface area contributed by atoms with Gasteiger partial charge in [-0.1, -0.05) is 24.6 Å². The monoisotopic (exact) mass is 497 g/mol. The summed E-state index contributed by atoms with van der Waals surface area (Å²) < 4.78 is 34.5. The van der Waals surface area contributed by atoms with Crippen LogP contribution in [0.1, 0.15) is 42.6 Å². The van der Waals surface area contributed by atoms with Crippen molar-refractivity contribution in [3.8, 4) is 5.75 Å². The smallest absolute Gasteiger partial charge is 0.243 e. The number of carbonyl (C=O) groups excluding carboxylic acids is 1. The summed E-state index contributed by atoms with van der Waals surface area (Å²) in [6.07, 6.45) is 1.24. The highest BCUT2D eigenvalue weighted by Gasteiger charge is 2.56. The zero-order valence-corrected chi connectivity index (χ0v) is 21.1. The quantitative estimate of drug-likeness (QED) is 0.545. The van der Waals surface area contributed by atoms with Crippen LogP contribution in [0.25, 0.3) is 10.9 Å². The van der Waals surface area contributed by atoms with E-state index in [1.807, 2.05) is 36.9 Å². The van der Waals surface area contributed by atoms with Gasteiger partial charge in [0.25, 0.3) is 0 Å². The van der Waals surface area contributed by atoms with Crippen LogP contribution in [0.15, 0.2) is 47.4 Å². The standard InChI is InChI=1S/C26H31N3O5S/c1-4-5-23(31)28-14-26(15-28)16-29(35(32,33)19-9-6-17(2)7-10-19)22(13-30)25-24(26)20-11-8-18(34-3)12-21(20)27-25/h6-12,22,27,30H,4-5,13-16H2,1-3H3/t22-/m1/s1. The lowest BCUT2D eigenvalue weighted by Gasteiger charge is -2.55. The Hall–Kier alpha value is -2.88. The van der Waals surface area contributed by atoms with Crippen molar-refractivity contribution in [2.45, 2.75) is 43.0 Å². The number of hydrogen-bond donors (Lipinski definition) is 2. The number of rotatable bonds is 6. The second-order valence-corrected chi connectivity index (χ2v) is 11.6. The number of amides is 1. The average molecular weight is 498 g/mol. The minimum absolute atomic E-state index is 0.0819. The fraction of sp³-hybridized carbons (Fsp3) is 0.423. The van der Waals surface area contributed by atoms with Gasteiger partial charge in [0.05, 0.1) is 24.7 Å². The van der Waals surface area contributed by atoms with Crippen LogP contribution in [0.3, 0.4) is 0 Å². The number of aliphatic hydroxyl groups excluding tert-OH is 1. The number of ether oxygens (including phenoxy) is 1. The van der Waals surface area contributed by atoms with Crippen molar-refractivity contribution in [2.75, 3.05) is 33.4 Å². The van der Waals surface area contributed by atoms with Crippen molar-refractivity contribution >= 4 is 26.8 Å². The second-order valence-electron chi connectivity index (χ2n) is 9.67. The molecule has 3 aromatic rings. The third-order valence-electron chi connectivity index (χ3n) is 7.31. The van der Waals surface area contributed by atoms with Crippen molar-refractivity contribution in [2.24, 2.45) is 0 Å². The first-order chi connectivity index (χ1) is 16.7. The molecule has 1 amide bonds. The molecule has 5 rings (SSSR count). The van der Waals surface area contributed by atoms with Gasteiger partial charge in [0, 0.05) is 54.1 Å². The molecular formula is C26H31N3O5S. The fourth-order valence-electron chi connectivity index (χ4n) is 5.55. The van der Waals surface area contributed by atoms with Crippen molar-refractivity contribution in [1.29, 1.82) is 0 Å². The Kier molecular flexibility index (Phi) is 5.89. The van der Waals surface area contributed by atoms with Crippen molar-refractivity contribution < 1.29 is 23.1 Å². The van der Waals surface area contributed by atoms with E-state index in [-0.39, 0.29) is 24.0 Å². The van der Waals surface area contributed by atoms with Gasteiger partial charge in [0.1, 0.15) is 5.75 Å². The molecule has 1 spiro atoms. The molecule has 0 unspecified atom stereocenters. The molecular weight excluding hydrogens is 466 g/mol. The first kappa shape index (κ1) is 23.8. The molecule has 2 aromatic carbocycles. The van der Waals surface area contributed by atoms with Crippen LogP contribution in [-0.4, -0.2) is 67.0 Å². The highest BCUT2D eigenvalue weighted by Crippen LogP contribution is 2.50. The predicted octanol–water partition coefficient (Wildman–Crippen LogP) is 3.10. The maximum absolute atomic E-state index is 13.8. The van der Waals surface area contributed by atoms with Crippen LogP contribution in [0.4, 0.5) is 0 Å². The number of sulfonamides is 1. The van der Waals surface area contributed by atoms with Gasteiger partial charge >= 0.3 is 0 Å². The maximum Gasteiger partial charge on any atom is 0.243 e. The Labute approximate surface area is 205 Å². The van der Waals surface area contributed by atoms with Crippen molar-refractivity contribution in [3.63, 3.8) is 0 Å². The summed E-state index contributed by atoms with van der Waals surface area (Å²) in [5.74, 6) is 0.765. The SMILES string of the molecule is CCCC(=O)N1CC2(C1)CN(S(=O)(=O)c1ccc(C)cc1)[C@H](CO)c1[nH]c3cc(OC)ccc3c12. The number of carbonyl (C=O) groups is 1. The first-order valence-corrected chi connectivity index (χ1v) is 13.4. The van der Waals surface area contributed by atoms with E-state index in [2.05, 4.69) is 4.98 Å². The van der Waals surface area contributed by atoms with Crippen molar-refractivity contribution in [3.05, 3.63) is 59.3 Å². The van der Waals surface area contributed by atoms with Crippen LogP contribution < -0.4 is 4.74 Å². The number of aromatic nitrogens is 1. The fourth-order valence-corrected chi connectivity index (χ4v) is 7.22. The van der Waals surface area contributed by atoms with E-state index in [1.165, 1.54) is 4.31 Å². The molecule has 1 fully saturated rings. The van der Waals surface area contributed by atoms with Gasteiger partial charge in [-0.15, -0.1) is 0 Å². The second kappa shape index (κ2) is 8.65. The predicted molar refractivity (Wildman–Crippen MR) is 133 cm³/mol. The van der Waals surface area contributed by atoms with Crippen LogP contribution in [0.5, 0.6) is 5.75 Å². The number of likely N-dealkylation sites (tertiary alicyclic amines) is 1. The minimum atomic E-state index is -3.90. The molecule has 2 aliphatic heterocycles. The van der Waals surface area contributed by atoms with Crippen LogP contribution in [0, 0.1) is 6.92 Å². The number of H-pyrrole nitrogens is 1. The number of benzene rings is 2. The van der Waals surface area contributed by atoms with E-state index in [0.29, 0.717) is 31.0 Å². The van der Waals surface area contributed by atoms with Crippen LogP contribution >= 0.6 is 0 Å². The lowest BCUT2D eigenvalue weighted by molar-refractivity contribution is -0.140. The van der Waals surface area contributed by atoms with E-state index < -0.39 is 21.5 Å². The highest BCUT2D eigenvalue weighted by molar-refractivity contribution is 7.89. The molecule has 1 saturated heterocycles. The zero-order valence-electron chi connectivity index (χ0n) is 20.2. The lowest BCUT2D eigenvalue weighted by Crippen LogP contribution is -2.68. The summed E-state index contributed by atoms with van der Waals surface area (Å²) in [7, 11) is -2.30. The molecule has 2 aliphatic rings. The number of aliphatic hydroxyl groups is 1. The third kappa shape index (κ3) is 3.73. The third-order valence-corrected chi connectivity index (χ3v) is 9.18. The van der Waals surface area contributed by atoms with Gasteiger partial charge in [-0.05, 0) is 43.2 Å². The van der Waals surface area contributed by atoms with E-state index in [1.54, 1.807) is 31.4 Å². The Morgan fingerprint density at radius 3 is 2.51 bits per heavy atom. The molecule has 9 heteroatoms. The maximum atomic E-state index is 13.8.